The van der Waals surface area contributed by atoms with Crippen LogP contribution in [0.15, 0.2) is 18.2 Å². The molecule has 1 rings (SSSR count). The van der Waals surface area contributed by atoms with Crippen LogP contribution in [-0.4, -0.2) is 21.3 Å². The predicted molar refractivity (Wildman–Crippen MR) is 50.9 cm³/mol. The van der Waals surface area contributed by atoms with E-state index in [4.69, 9.17) is 0 Å². The number of hydrogen-bond donors (Lipinski definition) is 0. The second-order valence-corrected chi connectivity index (χ2v) is 4.70. The van der Waals surface area contributed by atoms with Crippen LogP contribution in [0.5, 0.6) is 0 Å². The van der Waals surface area contributed by atoms with Crippen molar-refractivity contribution in [2.75, 3.05) is 12.9 Å². The molecule has 0 radical (unpaired) electrons. The maximum atomic E-state index is 12.7. The summed E-state index contributed by atoms with van der Waals surface area (Å²) in [7, 11) is -3.50. The Morgan fingerprint density at radius 1 is 1.20 bits per heavy atom. The lowest BCUT2D eigenvalue weighted by atomic mass is 10.1. The number of halogens is 2. The van der Waals surface area contributed by atoms with Crippen LogP contribution >= 0.6 is 0 Å². The molecule has 1 aromatic carbocycles. The molecule has 0 spiro atoms. The van der Waals surface area contributed by atoms with E-state index < -0.39 is 21.8 Å². The van der Waals surface area contributed by atoms with E-state index in [1.54, 1.807) is 0 Å². The summed E-state index contributed by atoms with van der Waals surface area (Å²) in [6, 6.07) is 3.02. The van der Waals surface area contributed by atoms with Gasteiger partial charge in [0.25, 0.3) is 10.1 Å². The Balaban J connectivity index is 2.58. The third-order valence-corrected chi connectivity index (χ3v) is 2.21. The van der Waals surface area contributed by atoms with E-state index in [2.05, 4.69) is 4.18 Å². The van der Waals surface area contributed by atoms with E-state index in [1.165, 1.54) is 0 Å². The summed E-state index contributed by atoms with van der Waals surface area (Å²) >= 11 is 0. The maximum absolute atomic E-state index is 12.7. The standard InChI is InChI=1S/C9H10F2O3S/c1-15(12,13)14-3-2-7-4-8(10)6-9(11)5-7/h4-6H,2-3H2,1H3. The molecule has 15 heavy (non-hydrogen) atoms. The van der Waals surface area contributed by atoms with Crippen molar-refractivity contribution in [1.82, 2.24) is 0 Å². The lowest BCUT2D eigenvalue weighted by Gasteiger charge is -2.02. The molecule has 0 atom stereocenters. The van der Waals surface area contributed by atoms with Crippen molar-refractivity contribution in [3.63, 3.8) is 0 Å². The summed E-state index contributed by atoms with van der Waals surface area (Å²) < 4.78 is 51.0. The van der Waals surface area contributed by atoms with Gasteiger partial charge in [-0.3, -0.25) is 4.18 Å². The van der Waals surface area contributed by atoms with E-state index in [9.17, 15) is 17.2 Å². The van der Waals surface area contributed by atoms with E-state index >= 15 is 0 Å². The minimum absolute atomic E-state index is 0.123. The molecular formula is C9H10F2O3S. The summed E-state index contributed by atoms with van der Waals surface area (Å²) in [5.74, 6) is -1.38. The van der Waals surface area contributed by atoms with Crippen LogP contribution in [0.3, 0.4) is 0 Å². The minimum Gasteiger partial charge on any atom is -0.270 e. The average Bonchev–Trinajstić information content (AvgIpc) is 1.99. The summed E-state index contributed by atoms with van der Waals surface area (Å²) in [5.41, 5.74) is 0.358. The van der Waals surface area contributed by atoms with Crippen LogP contribution in [0.25, 0.3) is 0 Å². The molecule has 0 fully saturated rings. The molecule has 0 aliphatic heterocycles. The molecule has 6 heteroatoms. The quantitative estimate of drug-likeness (QED) is 0.744. The van der Waals surface area contributed by atoms with Crippen molar-refractivity contribution in [3.8, 4) is 0 Å². The first-order chi connectivity index (χ1) is 6.87. The fourth-order valence-corrected chi connectivity index (χ4v) is 1.45. The Hall–Kier alpha value is -1.01. The van der Waals surface area contributed by atoms with Gasteiger partial charge in [-0.05, 0) is 24.1 Å². The Bertz CT molecular complexity index is 422. The van der Waals surface area contributed by atoms with E-state index in [0.29, 0.717) is 5.56 Å². The molecule has 0 aliphatic rings. The molecule has 0 aliphatic carbocycles. The summed E-state index contributed by atoms with van der Waals surface area (Å²) in [6.07, 6.45) is 1.06. The average molecular weight is 236 g/mol. The highest BCUT2D eigenvalue weighted by atomic mass is 32.2. The minimum atomic E-state index is -3.50. The van der Waals surface area contributed by atoms with Crippen molar-refractivity contribution in [2.45, 2.75) is 6.42 Å². The van der Waals surface area contributed by atoms with Crippen LogP contribution in [0.4, 0.5) is 8.78 Å². The van der Waals surface area contributed by atoms with Gasteiger partial charge in [0.05, 0.1) is 12.9 Å². The molecule has 0 amide bonds. The molecule has 0 saturated heterocycles. The number of hydrogen-bond acceptors (Lipinski definition) is 3. The van der Waals surface area contributed by atoms with Gasteiger partial charge >= 0.3 is 0 Å². The summed E-state index contributed by atoms with van der Waals surface area (Å²) in [4.78, 5) is 0. The van der Waals surface area contributed by atoms with Crippen molar-refractivity contribution in [3.05, 3.63) is 35.4 Å². The van der Waals surface area contributed by atoms with Crippen molar-refractivity contribution in [1.29, 1.82) is 0 Å². The highest BCUT2D eigenvalue weighted by molar-refractivity contribution is 7.85. The highest BCUT2D eigenvalue weighted by Crippen LogP contribution is 2.08. The molecule has 0 saturated carbocycles. The summed E-state index contributed by atoms with van der Waals surface area (Å²) in [6.45, 7) is -0.123. The molecular weight excluding hydrogens is 226 g/mol. The molecule has 0 aromatic heterocycles. The van der Waals surface area contributed by atoms with E-state index in [0.717, 1.165) is 24.5 Å². The topological polar surface area (TPSA) is 43.4 Å². The largest absolute Gasteiger partial charge is 0.270 e. The monoisotopic (exact) mass is 236 g/mol. The third-order valence-electron chi connectivity index (χ3n) is 1.61. The van der Waals surface area contributed by atoms with Crippen LogP contribution in [-0.2, 0) is 20.7 Å². The van der Waals surface area contributed by atoms with Gasteiger partial charge in [0.2, 0.25) is 0 Å². The molecule has 0 N–H and O–H groups in total. The number of benzene rings is 1. The van der Waals surface area contributed by atoms with Crippen LogP contribution in [0.1, 0.15) is 5.56 Å². The molecule has 0 heterocycles. The lowest BCUT2D eigenvalue weighted by Crippen LogP contribution is -2.06. The predicted octanol–water partition coefficient (Wildman–Crippen LogP) is 1.48. The maximum Gasteiger partial charge on any atom is 0.264 e. The van der Waals surface area contributed by atoms with Gasteiger partial charge in [0, 0.05) is 6.07 Å². The second kappa shape index (κ2) is 4.67. The first-order valence-corrected chi connectivity index (χ1v) is 5.98. The smallest absolute Gasteiger partial charge is 0.264 e. The Morgan fingerprint density at radius 2 is 1.73 bits per heavy atom. The van der Waals surface area contributed by atoms with Crippen LogP contribution < -0.4 is 0 Å². The van der Waals surface area contributed by atoms with Crippen LogP contribution in [0, 0.1) is 11.6 Å². The highest BCUT2D eigenvalue weighted by Gasteiger charge is 2.04. The normalized spacial score (nSPS) is 11.7. The first-order valence-electron chi connectivity index (χ1n) is 4.16. The molecule has 3 nitrogen and oxygen atoms in total. The van der Waals surface area contributed by atoms with Gasteiger partial charge < -0.3 is 0 Å². The van der Waals surface area contributed by atoms with E-state index in [-0.39, 0.29) is 13.0 Å². The van der Waals surface area contributed by atoms with Crippen molar-refractivity contribution in [2.24, 2.45) is 0 Å². The zero-order valence-corrected chi connectivity index (χ0v) is 8.85. The summed E-state index contributed by atoms with van der Waals surface area (Å²) in [5, 5.41) is 0. The van der Waals surface area contributed by atoms with E-state index in [1.807, 2.05) is 0 Å². The Morgan fingerprint density at radius 3 is 2.20 bits per heavy atom. The zero-order valence-electron chi connectivity index (χ0n) is 8.04. The molecule has 1 aromatic rings. The van der Waals surface area contributed by atoms with Gasteiger partial charge in [-0.15, -0.1) is 0 Å². The van der Waals surface area contributed by atoms with Gasteiger partial charge in [-0.25, -0.2) is 8.78 Å². The fourth-order valence-electron chi connectivity index (χ4n) is 1.07. The van der Waals surface area contributed by atoms with Gasteiger partial charge in [-0.2, -0.15) is 8.42 Å². The molecule has 0 unspecified atom stereocenters. The number of rotatable bonds is 4. The lowest BCUT2D eigenvalue weighted by molar-refractivity contribution is 0.325. The van der Waals surface area contributed by atoms with Crippen molar-refractivity contribution >= 4 is 10.1 Å². The van der Waals surface area contributed by atoms with Gasteiger partial charge in [0.15, 0.2) is 0 Å². The van der Waals surface area contributed by atoms with Crippen molar-refractivity contribution < 1.29 is 21.4 Å². The second-order valence-electron chi connectivity index (χ2n) is 3.05. The van der Waals surface area contributed by atoms with Crippen LogP contribution in [0.2, 0.25) is 0 Å². The Labute approximate surface area is 86.8 Å². The third kappa shape index (κ3) is 4.85. The van der Waals surface area contributed by atoms with Gasteiger partial charge in [-0.1, -0.05) is 0 Å². The van der Waals surface area contributed by atoms with Gasteiger partial charge in [0.1, 0.15) is 11.6 Å². The fraction of sp³-hybridized carbons (Fsp3) is 0.333. The molecule has 0 bridgehead atoms. The molecule has 84 valence electrons. The Kier molecular flexibility index (Phi) is 3.76. The zero-order chi connectivity index (χ0) is 11.5. The first kappa shape index (κ1) is 12.1. The SMILES string of the molecule is CS(=O)(=O)OCCc1cc(F)cc(F)c1.